The standard InChI is InChI=1S/C22H24ClFN2O2/c23-19-7-2-17(3-8-19)6-11-21(27)25-12-1-13-26(15-14-25)22(28)16-18-4-9-20(24)10-5-18/h2-5,7-10H,1,6,11-16H2. The van der Waals surface area contributed by atoms with E-state index < -0.39 is 0 Å². The molecule has 0 N–H and O–H groups in total. The van der Waals surface area contributed by atoms with Crippen molar-refractivity contribution >= 4 is 23.4 Å². The van der Waals surface area contributed by atoms with Crippen LogP contribution in [0.5, 0.6) is 0 Å². The lowest BCUT2D eigenvalue weighted by molar-refractivity contribution is -0.133. The molecule has 0 atom stereocenters. The summed E-state index contributed by atoms with van der Waals surface area (Å²) in [5.41, 5.74) is 1.88. The molecule has 0 saturated carbocycles. The van der Waals surface area contributed by atoms with Gasteiger partial charge in [-0.25, -0.2) is 4.39 Å². The van der Waals surface area contributed by atoms with Crippen molar-refractivity contribution in [2.75, 3.05) is 26.2 Å². The molecule has 1 aliphatic rings. The van der Waals surface area contributed by atoms with E-state index in [1.165, 1.54) is 12.1 Å². The zero-order valence-electron chi connectivity index (χ0n) is 15.7. The van der Waals surface area contributed by atoms with Crippen molar-refractivity contribution < 1.29 is 14.0 Å². The summed E-state index contributed by atoms with van der Waals surface area (Å²) in [5.74, 6) is -0.177. The molecule has 2 aromatic carbocycles. The molecule has 0 unspecified atom stereocenters. The van der Waals surface area contributed by atoms with Crippen molar-refractivity contribution in [3.05, 3.63) is 70.5 Å². The van der Waals surface area contributed by atoms with Crippen LogP contribution in [0, 0.1) is 5.82 Å². The first-order valence-corrected chi connectivity index (χ1v) is 9.93. The van der Waals surface area contributed by atoms with Gasteiger partial charge in [-0.1, -0.05) is 35.9 Å². The first kappa shape index (κ1) is 20.3. The molecule has 4 nitrogen and oxygen atoms in total. The fourth-order valence-electron chi connectivity index (χ4n) is 3.37. The van der Waals surface area contributed by atoms with Crippen molar-refractivity contribution in [3.8, 4) is 0 Å². The minimum absolute atomic E-state index is 0.0158. The molecule has 2 aromatic rings. The fraction of sp³-hybridized carbons (Fsp3) is 0.364. The third-order valence-corrected chi connectivity index (χ3v) is 5.26. The second-order valence-electron chi connectivity index (χ2n) is 7.04. The molecule has 1 aliphatic heterocycles. The summed E-state index contributed by atoms with van der Waals surface area (Å²) in [6.07, 6.45) is 2.15. The highest BCUT2D eigenvalue weighted by Gasteiger charge is 2.22. The molecule has 0 bridgehead atoms. The Morgan fingerprint density at radius 2 is 1.39 bits per heavy atom. The molecule has 2 amide bonds. The minimum Gasteiger partial charge on any atom is -0.341 e. The highest BCUT2D eigenvalue weighted by atomic mass is 35.5. The Morgan fingerprint density at radius 3 is 2.04 bits per heavy atom. The van der Waals surface area contributed by atoms with Crippen LogP contribution >= 0.6 is 11.6 Å². The number of rotatable bonds is 5. The molecule has 6 heteroatoms. The summed E-state index contributed by atoms with van der Waals surface area (Å²) in [4.78, 5) is 28.7. The maximum atomic E-state index is 13.0. The van der Waals surface area contributed by atoms with E-state index in [1.807, 2.05) is 29.2 Å². The largest absolute Gasteiger partial charge is 0.341 e. The van der Waals surface area contributed by atoms with Crippen LogP contribution in [0.2, 0.25) is 5.02 Å². The van der Waals surface area contributed by atoms with Gasteiger partial charge in [0.15, 0.2) is 0 Å². The van der Waals surface area contributed by atoms with Crippen LogP contribution in [-0.2, 0) is 22.4 Å². The highest BCUT2D eigenvalue weighted by Crippen LogP contribution is 2.13. The summed E-state index contributed by atoms with van der Waals surface area (Å²) in [5, 5.41) is 0.688. The van der Waals surface area contributed by atoms with Crippen LogP contribution < -0.4 is 0 Å². The van der Waals surface area contributed by atoms with Crippen molar-refractivity contribution in [3.63, 3.8) is 0 Å². The van der Waals surface area contributed by atoms with E-state index in [-0.39, 0.29) is 24.1 Å². The van der Waals surface area contributed by atoms with E-state index in [0.717, 1.165) is 17.5 Å². The number of aryl methyl sites for hydroxylation is 1. The van der Waals surface area contributed by atoms with Crippen molar-refractivity contribution in [1.82, 2.24) is 9.80 Å². The lowest BCUT2D eigenvalue weighted by atomic mass is 10.1. The van der Waals surface area contributed by atoms with Gasteiger partial charge in [-0.15, -0.1) is 0 Å². The smallest absolute Gasteiger partial charge is 0.227 e. The Labute approximate surface area is 169 Å². The number of carbonyl (C=O) groups is 2. The predicted octanol–water partition coefficient (Wildman–Crippen LogP) is 3.72. The maximum absolute atomic E-state index is 13.0. The Hall–Kier alpha value is -2.40. The van der Waals surface area contributed by atoms with Crippen LogP contribution in [0.25, 0.3) is 0 Å². The zero-order chi connectivity index (χ0) is 19.9. The molecule has 28 heavy (non-hydrogen) atoms. The van der Waals surface area contributed by atoms with Gasteiger partial charge in [-0.2, -0.15) is 0 Å². The van der Waals surface area contributed by atoms with Crippen molar-refractivity contribution in [2.24, 2.45) is 0 Å². The molecule has 1 heterocycles. The Morgan fingerprint density at radius 1 is 0.821 bits per heavy atom. The van der Waals surface area contributed by atoms with E-state index in [1.54, 1.807) is 17.0 Å². The van der Waals surface area contributed by atoms with Crippen LogP contribution in [0.4, 0.5) is 4.39 Å². The van der Waals surface area contributed by atoms with Crippen LogP contribution in [-0.4, -0.2) is 47.8 Å². The summed E-state index contributed by atoms with van der Waals surface area (Å²) in [6, 6.07) is 13.5. The molecule has 1 saturated heterocycles. The maximum Gasteiger partial charge on any atom is 0.227 e. The molecule has 3 rings (SSSR count). The van der Waals surface area contributed by atoms with Crippen LogP contribution in [0.3, 0.4) is 0 Å². The van der Waals surface area contributed by atoms with Gasteiger partial charge in [0, 0.05) is 37.6 Å². The SMILES string of the molecule is O=C(CCc1ccc(Cl)cc1)N1CCCN(C(=O)Cc2ccc(F)cc2)CC1. The Balaban J connectivity index is 1.48. The number of carbonyl (C=O) groups excluding carboxylic acids is 2. The van der Waals surface area contributed by atoms with Gasteiger partial charge in [0.05, 0.1) is 6.42 Å². The number of benzene rings is 2. The molecule has 0 spiro atoms. The molecular formula is C22H24ClFN2O2. The van der Waals surface area contributed by atoms with E-state index in [2.05, 4.69) is 0 Å². The number of hydrogen-bond acceptors (Lipinski definition) is 2. The van der Waals surface area contributed by atoms with Gasteiger partial charge in [0.25, 0.3) is 0 Å². The van der Waals surface area contributed by atoms with E-state index >= 15 is 0 Å². The molecule has 0 aliphatic carbocycles. The van der Waals surface area contributed by atoms with E-state index in [0.29, 0.717) is 44.0 Å². The fourth-order valence-corrected chi connectivity index (χ4v) is 3.49. The predicted molar refractivity (Wildman–Crippen MR) is 108 cm³/mol. The lowest BCUT2D eigenvalue weighted by Gasteiger charge is -2.22. The number of nitrogens with zero attached hydrogens (tertiary/aromatic N) is 2. The first-order valence-electron chi connectivity index (χ1n) is 9.56. The van der Waals surface area contributed by atoms with Crippen molar-refractivity contribution in [1.29, 1.82) is 0 Å². The van der Waals surface area contributed by atoms with Gasteiger partial charge in [-0.05, 0) is 48.2 Å². The number of hydrogen-bond donors (Lipinski definition) is 0. The van der Waals surface area contributed by atoms with Gasteiger partial charge in [0.2, 0.25) is 11.8 Å². The molecular weight excluding hydrogens is 379 g/mol. The second-order valence-corrected chi connectivity index (χ2v) is 7.48. The average molecular weight is 403 g/mol. The molecule has 0 radical (unpaired) electrons. The van der Waals surface area contributed by atoms with E-state index in [9.17, 15) is 14.0 Å². The molecule has 1 fully saturated rings. The topological polar surface area (TPSA) is 40.6 Å². The molecule has 148 valence electrons. The van der Waals surface area contributed by atoms with Crippen molar-refractivity contribution in [2.45, 2.75) is 25.7 Å². The van der Waals surface area contributed by atoms with Gasteiger partial charge < -0.3 is 9.80 Å². The van der Waals surface area contributed by atoms with Crippen LogP contribution in [0.1, 0.15) is 24.0 Å². The summed E-state index contributed by atoms with van der Waals surface area (Å²) in [6.45, 7) is 2.39. The quantitative estimate of drug-likeness (QED) is 0.764. The third-order valence-electron chi connectivity index (χ3n) is 5.01. The average Bonchev–Trinajstić information content (AvgIpc) is 2.95. The summed E-state index contributed by atoms with van der Waals surface area (Å²) >= 11 is 5.89. The number of halogens is 2. The third kappa shape index (κ3) is 5.80. The number of amides is 2. The normalized spacial score (nSPS) is 14.6. The molecule has 0 aromatic heterocycles. The highest BCUT2D eigenvalue weighted by molar-refractivity contribution is 6.30. The van der Waals surface area contributed by atoms with Gasteiger partial charge in [-0.3, -0.25) is 9.59 Å². The van der Waals surface area contributed by atoms with E-state index in [4.69, 9.17) is 11.6 Å². The van der Waals surface area contributed by atoms with Crippen LogP contribution in [0.15, 0.2) is 48.5 Å². The summed E-state index contributed by atoms with van der Waals surface area (Å²) < 4.78 is 13.0. The van der Waals surface area contributed by atoms with Gasteiger partial charge in [0.1, 0.15) is 5.82 Å². The zero-order valence-corrected chi connectivity index (χ0v) is 16.5. The second kappa shape index (κ2) is 9.69. The van der Waals surface area contributed by atoms with Gasteiger partial charge >= 0.3 is 0 Å². The Bertz CT molecular complexity index is 808. The minimum atomic E-state index is -0.307. The summed E-state index contributed by atoms with van der Waals surface area (Å²) in [7, 11) is 0. The Kier molecular flexibility index (Phi) is 7.04. The first-order chi connectivity index (χ1) is 13.5. The monoisotopic (exact) mass is 402 g/mol. The lowest BCUT2D eigenvalue weighted by Crippen LogP contribution is -2.38.